The molecule has 0 bridgehead atoms. The minimum Gasteiger partial charge on any atom is -0.467 e. The Labute approximate surface area is 64.2 Å². The number of carbonyl (C=O) groups is 1. The normalized spacial score (nSPS) is 11.2. The van der Waals surface area contributed by atoms with E-state index in [4.69, 9.17) is 15.3 Å². The molecule has 0 aromatic heterocycles. The maximum Gasteiger partial charge on any atom is 0.293 e. The van der Waals surface area contributed by atoms with E-state index < -0.39 is 25.2 Å². The van der Waals surface area contributed by atoms with Gasteiger partial charge in [0.15, 0.2) is 0 Å². The zero-order valence-electron chi connectivity index (χ0n) is 6.06. The van der Waals surface area contributed by atoms with Crippen LogP contribution in [0.25, 0.3) is 0 Å². The lowest BCUT2D eigenvalue weighted by molar-refractivity contribution is -0.136. The Balaban J connectivity index is 3.93. The molecule has 0 aliphatic carbocycles. The number of carbonyl (C=O) groups excluding carboxylic acids is 1. The molecule has 66 valence electrons. The fourth-order valence-electron chi connectivity index (χ4n) is 0.498. The Morgan fingerprint density at radius 2 is 1.64 bits per heavy atom. The second-order valence-electron chi connectivity index (χ2n) is 2.38. The molecule has 11 heavy (non-hydrogen) atoms. The van der Waals surface area contributed by atoms with Crippen molar-refractivity contribution in [3.63, 3.8) is 0 Å². The largest absolute Gasteiger partial charge is 0.467 e. The highest BCUT2D eigenvalue weighted by Gasteiger charge is 2.28. The van der Waals surface area contributed by atoms with Crippen molar-refractivity contribution in [1.29, 1.82) is 0 Å². The van der Waals surface area contributed by atoms with Gasteiger partial charge in [-0.25, -0.2) is 0 Å². The maximum absolute atomic E-state index is 9.73. The first-order valence-electron chi connectivity index (χ1n) is 3.12. The summed E-state index contributed by atoms with van der Waals surface area (Å²) in [6, 6.07) is 0. The number of aliphatic hydroxyl groups excluding tert-OH is 3. The van der Waals surface area contributed by atoms with Crippen molar-refractivity contribution >= 4 is 6.47 Å². The number of aliphatic hydroxyl groups is 3. The number of hydrogen-bond donors (Lipinski definition) is 3. The number of rotatable bonds is 6. The smallest absolute Gasteiger partial charge is 0.293 e. The van der Waals surface area contributed by atoms with E-state index in [1.807, 2.05) is 0 Å². The molecule has 0 saturated heterocycles. The van der Waals surface area contributed by atoms with Crippen LogP contribution in [-0.2, 0) is 9.53 Å². The SMILES string of the molecule is O=COCC(CO)(CO)CO. The predicted octanol–water partition coefficient (Wildman–Crippen LogP) is -1.88. The average molecular weight is 164 g/mol. The summed E-state index contributed by atoms with van der Waals surface area (Å²) in [4.78, 5) is 9.73. The maximum atomic E-state index is 9.73. The standard InChI is InChI=1S/C6H12O5/c7-1-6(2-8,3-9)4-11-5-10/h5,7-9H,1-4H2. The van der Waals surface area contributed by atoms with Crippen LogP contribution in [0.3, 0.4) is 0 Å². The van der Waals surface area contributed by atoms with Gasteiger partial charge in [-0.2, -0.15) is 0 Å². The predicted molar refractivity (Wildman–Crippen MR) is 35.7 cm³/mol. The summed E-state index contributed by atoms with van der Waals surface area (Å²) in [6.07, 6.45) is 0. The Hall–Kier alpha value is -0.650. The van der Waals surface area contributed by atoms with Crippen LogP contribution in [0.2, 0.25) is 0 Å². The molecular formula is C6H12O5. The molecule has 0 spiro atoms. The molecule has 0 amide bonds. The van der Waals surface area contributed by atoms with Crippen molar-refractivity contribution < 1.29 is 24.9 Å². The minimum atomic E-state index is -1.11. The van der Waals surface area contributed by atoms with Crippen LogP contribution in [0.4, 0.5) is 0 Å². The summed E-state index contributed by atoms with van der Waals surface area (Å²) in [5, 5.41) is 26.1. The third kappa shape index (κ3) is 2.83. The summed E-state index contributed by atoms with van der Waals surface area (Å²) in [5.74, 6) is 0. The molecule has 0 rings (SSSR count). The van der Waals surface area contributed by atoms with E-state index >= 15 is 0 Å². The minimum absolute atomic E-state index is 0.181. The van der Waals surface area contributed by atoms with Crippen molar-refractivity contribution in [2.75, 3.05) is 26.4 Å². The van der Waals surface area contributed by atoms with Crippen LogP contribution in [0.1, 0.15) is 0 Å². The molecule has 0 radical (unpaired) electrons. The zero-order valence-corrected chi connectivity index (χ0v) is 6.06. The summed E-state index contributed by atoms with van der Waals surface area (Å²) in [5.41, 5.74) is -1.11. The molecule has 5 nitrogen and oxygen atoms in total. The third-order valence-corrected chi connectivity index (χ3v) is 1.46. The van der Waals surface area contributed by atoms with Crippen molar-refractivity contribution in [3.05, 3.63) is 0 Å². The lowest BCUT2D eigenvalue weighted by Crippen LogP contribution is -2.38. The number of hydrogen-bond acceptors (Lipinski definition) is 5. The second kappa shape index (κ2) is 5.06. The van der Waals surface area contributed by atoms with Crippen LogP contribution in [0, 0.1) is 5.41 Å². The van der Waals surface area contributed by atoms with Crippen LogP contribution < -0.4 is 0 Å². The average Bonchev–Trinajstić information content (AvgIpc) is 2.08. The van der Waals surface area contributed by atoms with E-state index in [9.17, 15) is 4.79 Å². The summed E-state index contributed by atoms with van der Waals surface area (Å²) in [6.45, 7) is -1.24. The molecule has 3 N–H and O–H groups in total. The summed E-state index contributed by atoms with van der Waals surface area (Å²) >= 11 is 0. The molecule has 0 unspecified atom stereocenters. The van der Waals surface area contributed by atoms with E-state index in [2.05, 4.69) is 4.74 Å². The first-order chi connectivity index (χ1) is 5.24. The van der Waals surface area contributed by atoms with Crippen molar-refractivity contribution in [3.8, 4) is 0 Å². The van der Waals surface area contributed by atoms with Crippen LogP contribution >= 0.6 is 0 Å². The van der Waals surface area contributed by atoms with Gasteiger partial charge in [0.2, 0.25) is 0 Å². The Bertz CT molecular complexity index is 101. The van der Waals surface area contributed by atoms with E-state index in [1.54, 1.807) is 0 Å². The molecule has 0 heterocycles. The van der Waals surface area contributed by atoms with Gasteiger partial charge in [0.1, 0.15) is 6.61 Å². The van der Waals surface area contributed by atoms with Crippen LogP contribution in [-0.4, -0.2) is 48.2 Å². The third-order valence-electron chi connectivity index (χ3n) is 1.46. The number of ether oxygens (including phenoxy) is 1. The Morgan fingerprint density at radius 3 is 1.91 bits per heavy atom. The monoisotopic (exact) mass is 164 g/mol. The highest BCUT2D eigenvalue weighted by Crippen LogP contribution is 2.13. The topological polar surface area (TPSA) is 87.0 Å². The van der Waals surface area contributed by atoms with Gasteiger partial charge in [-0.3, -0.25) is 4.79 Å². The first kappa shape index (κ1) is 10.3. The molecular weight excluding hydrogens is 152 g/mol. The van der Waals surface area contributed by atoms with Gasteiger partial charge < -0.3 is 20.1 Å². The Morgan fingerprint density at radius 1 is 1.18 bits per heavy atom. The van der Waals surface area contributed by atoms with E-state index in [0.29, 0.717) is 0 Å². The van der Waals surface area contributed by atoms with Crippen molar-refractivity contribution in [1.82, 2.24) is 0 Å². The Kier molecular flexibility index (Phi) is 4.76. The van der Waals surface area contributed by atoms with Crippen molar-refractivity contribution in [2.45, 2.75) is 0 Å². The van der Waals surface area contributed by atoms with Gasteiger partial charge in [-0.15, -0.1) is 0 Å². The van der Waals surface area contributed by atoms with Crippen LogP contribution in [0.5, 0.6) is 0 Å². The van der Waals surface area contributed by atoms with Gasteiger partial charge in [0.25, 0.3) is 6.47 Å². The lowest BCUT2D eigenvalue weighted by atomic mass is 9.93. The molecule has 0 fully saturated rings. The van der Waals surface area contributed by atoms with Gasteiger partial charge >= 0.3 is 0 Å². The van der Waals surface area contributed by atoms with Gasteiger partial charge in [-0.1, -0.05) is 0 Å². The first-order valence-corrected chi connectivity index (χ1v) is 3.12. The molecule has 5 heteroatoms. The molecule has 0 saturated carbocycles. The molecule has 0 aromatic carbocycles. The van der Waals surface area contributed by atoms with E-state index in [0.717, 1.165) is 0 Å². The molecule has 0 aliphatic rings. The summed E-state index contributed by atoms with van der Waals surface area (Å²) in [7, 11) is 0. The zero-order chi connectivity index (χ0) is 8.74. The van der Waals surface area contributed by atoms with Crippen molar-refractivity contribution in [2.24, 2.45) is 5.41 Å². The van der Waals surface area contributed by atoms with E-state index in [1.165, 1.54) is 0 Å². The highest BCUT2D eigenvalue weighted by atomic mass is 16.5. The second-order valence-corrected chi connectivity index (χ2v) is 2.38. The van der Waals surface area contributed by atoms with Gasteiger partial charge in [-0.05, 0) is 0 Å². The van der Waals surface area contributed by atoms with Crippen LogP contribution in [0.15, 0.2) is 0 Å². The fourth-order valence-corrected chi connectivity index (χ4v) is 0.498. The van der Waals surface area contributed by atoms with Gasteiger partial charge in [0, 0.05) is 0 Å². The van der Waals surface area contributed by atoms with Gasteiger partial charge in [0.05, 0.1) is 25.2 Å². The molecule has 0 atom stereocenters. The van der Waals surface area contributed by atoms with E-state index in [-0.39, 0.29) is 13.1 Å². The molecule has 0 aliphatic heterocycles. The molecule has 0 aromatic rings. The summed E-state index contributed by atoms with van der Waals surface area (Å²) < 4.78 is 4.31. The highest BCUT2D eigenvalue weighted by molar-refractivity contribution is 5.37. The lowest BCUT2D eigenvalue weighted by Gasteiger charge is -2.25. The quantitative estimate of drug-likeness (QED) is 0.400. The fraction of sp³-hybridized carbons (Fsp3) is 0.833.